The van der Waals surface area contributed by atoms with Crippen LogP contribution in [0.3, 0.4) is 0 Å². The highest BCUT2D eigenvalue weighted by Gasteiger charge is 2.13. The summed E-state index contributed by atoms with van der Waals surface area (Å²) >= 11 is 0. The maximum atomic E-state index is 13.6. The van der Waals surface area contributed by atoms with E-state index >= 15 is 0 Å². The fourth-order valence-corrected chi connectivity index (χ4v) is 1.90. The van der Waals surface area contributed by atoms with Crippen LogP contribution in [-0.2, 0) is 0 Å². The molecule has 3 aromatic rings. The van der Waals surface area contributed by atoms with E-state index in [4.69, 9.17) is 4.74 Å². The second-order valence-electron chi connectivity index (χ2n) is 4.35. The fourth-order valence-electron chi connectivity index (χ4n) is 1.90. The van der Waals surface area contributed by atoms with Crippen LogP contribution in [0.15, 0.2) is 42.7 Å². The predicted molar refractivity (Wildman–Crippen MR) is 70.7 cm³/mol. The number of para-hydroxylation sites is 1. The third kappa shape index (κ3) is 2.18. The van der Waals surface area contributed by atoms with Gasteiger partial charge in [0.2, 0.25) is 11.6 Å². The van der Waals surface area contributed by atoms with Gasteiger partial charge in [0.1, 0.15) is 6.33 Å². The monoisotopic (exact) mass is 272 g/mol. The number of ether oxygens (including phenoxy) is 1. The summed E-state index contributed by atoms with van der Waals surface area (Å²) in [4.78, 5) is 8.05. The molecule has 0 fully saturated rings. The van der Waals surface area contributed by atoms with E-state index in [2.05, 4.69) is 9.97 Å². The van der Waals surface area contributed by atoms with Gasteiger partial charge in [0.15, 0.2) is 11.6 Å². The van der Waals surface area contributed by atoms with Crippen molar-refractivity contribution in [3.63, 3.8) is 0 Å². The van der Waals surface area contributed by atoms with Gasteiger partial charge in [-0.05, 0) is 31.2 Å². The number of hydrogen-bond donors (Lipinski definition) is 0. The van der Waals surface area contributed by atoms with Crippen LogP contribution in [0.4, 0.5) is 8.78 Å². The number of aryl methyl sites for hydroxylation is 1. The number of rotatable bonds is 2. The number of benzene rings is 2. The minimum absolute atomic E-state index is 0.128. The lowest BCUT2D eigenvalue weighted by Crippen LogP contribution is -1.96. The fraction of sp³-hybridized carbons (Fsp3) is 0.0667. The van der Waals surface area contributed by atoms with Crippen molar-refractivity contribution in [2.24, 2.45) is 0 Å². The Morgan fingerprint density at radius 3 is 2.50 bits per heavy atom. The lowest BCUT2D eigenvalue weighted by atomic mass is 10.2. The topological polar surface area (TPSA) is 35.0 Å². The molecule has 3 rings (SSSR count). The summed E-state index contributed by atoms with van der Waals surface area (Å²) in [6, 6.07) is 9.04. The van der Waals surface area contributed by atoms with Crippen molar-refractivity contribution in [1.29, 1.82) is 0 Å². The van der Waals surface area contributed by atoms with E-state index in [9.17, 15) is 8.78 Å². The zero-order chi connectivity index (χ0) is 14.1. The van der Waals surface area contributed by atoms with Crippen LogP contribution in [0.2, 0.25) is 0 Å². The molecule has 5 heteroatoms. The molecule has 100 valence electrons. The van der Waals surface area contributed by atoms with E-state index in [1.165, 1.54) is 12.4 Å². The van der Waals surface area contributed by atoms with Gasteiger partial charge in [-0.3, -0.25) is 0 Å². The molecule has 20 heavy (non-hydrogen) atoms. The van der Waals surface area contributed by atoms with E-state index < -0.39 is 17.4 Å². The largest absolute Gasteiger partial charge is 0.432 e. The van der Waals surface area contributed by atoms with Crippen LogP contribution < -0.4 is 4.74 Å². The van der Waals surface area contributed by atoms with E-state index in [1.54, 1.807) is 6.07 Å². The molecule has 0 unspecified atom stereocenters. The minimum atomic E-state index is -0.774. The average molecular weight is 272 g/mol. The Kier molecular flexibility index (Phi) is 3.02. The van der Waals surface area contributed by atoms with Crippen molar-refractivity contribution in [3.05, 3.63) is 59.9 Å². The van der Waals surface area contributed by atoms with Crippen molar-refractivity contribution in [3.8, 4) is 11.6 Å². The zero-order valence-electron chi connectivity index (χ0n) is 10.6. The summed E-state index contributed by atoms with van der Waals surface area (Å²) in [7, 11) is 0. The predicted octanol–water partition coefficient (Wildman–Crippen LogP) is 4.01. The second-order valence-corrected chi connectivity index (χ2v) is 4.35. The zero-order valence-corrected chi connectivity index (χ0v) is 10.6. The minimum Gasteiger partial charge on any atom is -0.432 e. The number of fused-ring (bicyclic) bond motifs is 1. The maximum Gasteiger partial charge on any atom is 0.230 e. The first-order valence-electron chi connectivity index (χ1n) is 5.98. The number of halogens is 2. The molecule has 3 nitrogen and oxygen atoms in total. The molecular formula is C15H10F2N2O. The lowest BCUT2D eigenvalue weighted by Gasteiger charge is -2.09. The molecule has 0 aliphatic carbocycles. The molecule has 0 radical (unpaired) electrons. The van der Waals surface area contributed by atoms with Gasteiger partial charge in [-0.15, -0.1) is 0 Å². The summed E-state index contributed by atoms with van der Waals surface area (Å²) in [5.74, 6) is -1.88. The van der Waals surface area contributed by atoms with E-state index in [1.807, 2.05) is 19.1 Å². The third-order valence-electron chi connectivity index (χ3n) is 2.87. The summed E-state index contributed by atoms with van der Waals surface area (Å²) in [5, 5.41) is 0.607. The SMILES string of the molecule is Cc1ccc2ncnc(Oc3c(F)cccc3F)c2c1. The molecule has 2 aromatic carbocycles. The highest BCUT2D eigenvalue weighted by atomic mass is 19.1. The Balaban J connectivity index is 2.13. The summed E-state index contributed by atoms with van der Waals surface area (Å²) in [5.41, 5.74) is 1.63. The highest BCUT2D eigenvalue weighted by Crippen LogP contribution is 2.30. The third-order valence-corrected chi connectivity index (χ3v) is 2.87. The molecule has 0 aliphatic heterocycles. The van der Waals surface area contributed by atoms with Crippen LogP contribution in [0.5, 0.6) is 11.6 Å². The number of aromatic nitrogens is 2. The first kappa shape index (κ1) is 12.5. The van der Waals surface area contributed by atoms with Crippen LogP contribution in [-0.4, -0.2) is 9.97 Å². The second kappa shape index (κ2) is 4.85. The first-order chi connectivity index (χ1) is 9.65. The van der Waals surface area contributed by atoms with Gasteiger partial charge < -0.3 is 4.74 Å². The molecule has 0 N–H and O–H groups in total. The van der Waals surface area contributed by atoms with Crippen molar-refractivity contribution >= 4 is 10.9 Å². The van der Waals surface area contributed by atoms with E-state index in [-0.39, 0.29) is 5.88 Å². The molecule has 0 spiro atoms. The van der Waals surface area contributed by atoms with Gasteiger partial charge in [-0.1, -0.05) is 17.7 Å². The average Bonchev–Trinajstić information content (AvgIpc) is 2.43. The van der Waals surface area contributed by atoms with Crippen LogP contribution >= 0.6 is 0 Å². The van der Waals surface area contributed by atoms with Gasteiger partial charge in [0.05, 0.1) is 10.9 Å². The normalized spacial score (nSPS) is 10.8. The molecule has 0 atom stereocenters. The first-order valence-corrected chi connectivity index (χ1v) is 5.98. The molecule has 0 saturated carbocycles. The Hall–Kier alpha value is -2.56. The Bertz CT molecular complexity index is 770. The molecule has 1 aromatic heterocycles. The smallest absolute Gasteiger partial charge is 0.230 e. The van der Waals surface area contributed by atoms with Gasteiger partial charge in [-0.2, -0.15) is 0 Å². The Morgan fingerprint density at radius 2 is 1.75 bits per heavy atom. The molecule has 0 bridgehead atoms. The van der Waals surface area contributed by atoms with Gasteiger partial charge >= 0.3 is 0 Å². The molecule has 0 aliphatic rings. The highest BCUT2D eigenvalue weighted by molar-refractivity contribution is 5.84. The van der Waals surface area contributed by atoms with Crippen LogP contribution in [0.25, 0.3) is 10.9 Å². The quantitative estimate of drug-likeness (QED) is 0.707. The van der Waals surface area contributed by atoms with Crippen molar-refractivity contribution in [1.82, 2.24) is 9.97 Å². The van der Waals surface area contributed by atoms with Gasteiger partial charge in [0, 0.05) is 0 Å². The summed E-state index contributed by atoms with van der Waals surface area (Å²) < 4.78 is 32.5. The molecular weight excluding hydrogens is 262 g/mol. The van der Waals surface area contributed by atoms with Crippen LogP contribution in [0, 0.1) is 18.6 Å². The molecule has 1 heterocycles. The molecule has 0 saturated heterocycles. The Labute approximate surface area is 113 Å². The van der Waals surface area contributed by atoms with Gasteiger partial charge in [-0.25, -0.2) is 18.7 Å². The van der Waals surface area contributed by atoms with E-state index in [0.29, 0.717) is 10.9 Å². The van der Waals surface area contributed by atoms with Crippen molar-refractivity contribution < 1.29 is 13.5 Å². The van der Waals surface area contributed by atoms with Gasteiger partial charge in [0.25, 0.3) is 0 Å². The number of hydrogen-bond acceptors (Lipinski definition) is 3. The Morgan fingerprint density at radius 1 is 1.00 bits per heavy atom. The van der Waals surface area contributed by atoms with Crippen molar-refractivity contribution in [2.75, 3.05) is 0 Å². The lowest BCUT2D eigenvalue weighted by molar-refractivity contribution is 0.399. The van der Waals surface area contributed by atoms with Crippen molar-refractivity contribution in [2.45, 2.75) is 6.92 Å². The maximum absolute atomic E-state index is 13.6. The molecule has 0 amide bonds. The summed E-state index contributed by atoms with van der Waals surface area (Å²) in [6.07, 6.45) is 1.30. The number of nitrogens with zero attached hydrogens (tertiary/aromatic N) is 2. The van der Waals surface area contributed by atoms with E-state index in [0.717, 1.165) is 17.7 Å². The van der Waals surface area contributed by atoms with Crippen LogP contribution in [0.1, 0.15) is 5.56 Å². The standard InChI is InChI=1S/C15H10F2N2O/c1-9-5-6-13-10(7-9)15(19-8-18-13)20-14-11(16)3-2-4-12(14)17/h2-8H,1H3. The summed E-state index contributed by atoms with van der Waals surface area (Å²) in [6.45, 7) is 1.90.